The van der Waals surface area contributed by atoms with Gasteiger partial charge in [-0.1, -0.05) is 38.2 Å². The number of nitrogens with zero attached hydrogens (tertiary/aromatic N) is 1. The molecule has 0 saturated carbocycles. The van der Waals surface area contributed by atoms with Crippen molar-refractivity contribution in [3.8, 4) is 0 Å². The molecule has 7 amide bonds. The Morgan fingerprint density at radius 3 is 1.42 bits per heavy atom. The fraction of sp³-hybridized carbons (Fsp3) is 0.658. The molecule has 0 radical (unpaired) electrons. The number of thioether (sulfide) groups is 2. The molecule has 17 aliphatic rings. The van der Waals surface area contributed by atoms with Crippen molar-refractivity contribution in [1.82, 2.24) is 36.8 Å². The van der Waals surface area contributed by atoms with E-state index in [2.05, 4.69) is 136 Å². The van der Waals surface area contributed by atoms with E-state index in [1.54, 1.807) is 18.8 Å². The topological polar surface area (TPSA) is 316 Å². The van der Waals surface area contributed by atoms with E-state index in [1.807, 2.05) is 33.1 Å². The van der Waals surface area contributed by atoms with Crippen molar-refractivity contribution >= 4 is 127 Å². The van der Waals surface area contributed by atoms with Crippen LogP contribution in [0.25, 0.3) is 0 Å². The van der Waals surface area contributed by atoms with E-state index >= 15 is 0 Å². The molecule has 574 valence electrons. The third-order valence-corrected chi connectivity index (χ3v) is 40.0. The third kappa shape index (κ3) is 13.4. The number of fused-ring (bicyclic) bond motifs is 6. The number of halogens is 1. The number of carbonyl (C=O) groups is 7. The van der Waals surface area contributed by atoms with Crippen LogP contribution < -0.4 is 31.9 Å². The van der Waals surface area contributed by atoms with Crippen LogP contribution in [0.5, 0.6) is 0 Å². The van der Waals surface area contributed by atoms with Crippen LogP contribution >= 0.6 is 35.1 Å². The van der Waals surface area contributed by atoms with Crippen LogP contribution in [0.4, 0.5) is 0 Å². The van der Waals surface area contributed by atoms with E-state index < -0.39 is 84.7 Å². The van der Waals surface area contributed by atoms with Gasteiger partial charge in [0.05, 0.1) is 42.4 Å². The molecule has 0 aromatic heterocycles. The minimum atomic E-state index is -1.10. The van der Waals surface area contributed by atoms with Crippen molar-refractivity contribution < 1.29 is 64.2 Å². The minimum absolute atomic E-state index is 0.000161. The van der Waals surface area contributed by atoms with Gasteiger partial charge in [0, 0.05) is 24.8 Å². The Morgan fingerprint density at radius 2 is 1.00 bits per heavy atom. The van der Waals surface area contributed by atoms with Crippen molar-refractivity contribution in [2.45, 2.75) is 265 Å². The van der Waals surface area contributed by atoms with Crippen LogP contribution in [0.3, 0.4) is 0 Å². The molecule has 7 saturated heterocycles. The summed E-state index contributed by atoms with van der Waals surface area (Å²) in [6.07, 6.45) is 34.3. The first-order chi connectivity index (χ1) is 50.0. The number of aliphatic hydroxyl groups is 6. The Balaban J connectivity index is 0.000000118. The second kappa shape index (κ2) is 32.2. The summed E-state index contributed by atoms with van der Waals surface area (Å²) in [6, 6.07) is 0.0580. The van der Waals surface area contributed by atoms with E-state index in [4.69, 9.17) is 11.6 Å². The van der Waals surface area contributed by atoms with Gasteiger partial charge >= 0.3 is 333 Å². The van der Waals surface area contributed by atoms with Gasteiger partial charge in [-0.2, -0.15) is 0 Å². The van der Waals surface area contributed by atoms with Crippen LogP contribution in [-0.2, 0) is 33.6 Å². The van der Waals surface area contributed by atoms with E-state index in [9.17, 15) is 64.2 Å². The van der Waals surface area contributed by atoms with Gasteiger partial charge in [0.15, 0.2) is 5.54 Å². The van der Waals surface area contributed by atoms with Crippen LogP contribution in [0.2, 0.25) is 12.1 Å². The number of carbonyl (C=O) groups excluding carboxylic acids is 7. The van der Waals surface area contributed by atoms with Crippen molar-refractivity contribution in [3.63, 3.8) is 0 Å². The first kappa shape index (κ1) is 80.8. The van der Waals surface area contributed by atoms with Crippen LogP contribution in [-0.4, -0.2) is 229 Å². The summed E-state index contributed by atoms with van der Waals surface area (Å²) in [7, 11) is 1.59. The van der Waals surface area contributed by atoms with Crippen molar-refractivity contribution in [2.24, 2.45) is 41.4 Å². The predicted octanol–water partition coefficient (Wildman–Crippen LogP) is 6.87. The number of likely N-dealkylation sites (tertiary alicyclic amines) is 1. The van der Waals surface area contributed by atoms with Gasteiger partial charge in [0.25, 0.3) is 5.91 Å². The SMILES string of the molecule is CC(C)[C@H](O)[C@]12C(=O)N[C@H]1C(CCCl)C(=O)N2C.CC1=C(C)[C@@H]2NC(=O)[C@]2([C@@H](O)[C@H]2C=CCCC2)S1.CC1=C(C)[C@@H]2NC(=O)[C@]2([C@@H](O)[C@H]2C=CCCC2)[Se]1.CC1=CS[C@@]2([C@@H](O)[C@H]3C=CCCC3)C(=O)N[C@@H]12.CC1=C[Se][C@@]2([C@@H](O)[C@H]3C=CCCC3)C(=O)N[C@@H]12.CC1=C[Te][C@@]2([C@@H](O)[C@H]3C=CCCC3)C(=O)N[C@@H]12. The van der Waals surface area contributed by atoms with E-state index in [0.29, 0.717) is 12.3 Å². The molecule has 0 bridgehead atoms. The van der Waals surface area contributed by atoms with Crippen LogP contribution in [0.1, 0.15) is 165 Å². The quantitative estimate of drug-likeness (QED) is 0.0366. The molecule has 12 heterocycles. The first-order valence-electron chi connectivity index (χ1n) is 37.9. The average molecular weight is 1750 g/mol. The Bertz CT molecular complexity index is 3520. The molecule has 20 nitrogen and oxygen atoms in total. The fourth-order valence-electron chi connectivity index (χ4n) is 18.8. The second-order valence-electron chi connectivity index (χ2n) is 31.9. The van der Waals surface area contributed by atoms with Crippen molar-refractivity contribution in [1.29, 1.82) is 0 Å². The van der Waals surface area contributed by atoms with Gasteiger partial charge in [0.1, 0.15) is 9.49 Å². The molecule has 0 spiro atoms. The van der Waals surface area contributed by atoms with Gasteiger partial charge < -0.3 is 36.2 Å². The molecule has 17 rings (SSSR count). The summed E-state index contributed by atoms with van der Waals surface area (Å²) >= 11 is 8.40. The zero-order valence-electron chi connectivity index (χ0n) is 61.9. The maximum atomic E-state index is 12.2. The molecule has 24 atom stereocenters. The van der Waals surface area contributed by atoms with Crippen molar-refractivity contribution in [2.75, 3.05) is 12.9 Å². The molecule has 1 unspecified atom stereocenters. The van der Waals surface area contributed by atoms with Crippen molar-refractivity contribution in [3.05, 3.63) is 113 Å². The van der Waals surface area contributed by atoms with Gasteiger partial charge in [-0.05, 0) is 93.1 Å². The predicted molar refractivity (Wildman–Crippen MR) is 413 cm³/mol. The molecule has 26 heteroatoms. The molecule has 12 N–H and O–H groups in total. The summed E-state index contributed by atoms with van der Waals surface area (Å²) in [6.45, 7) is 18.1. The molecule has 12 aliphatic heterocycles. The number of aliphatic hydroxyl groups excluding tert-OH is 6. The molecule has 5 aliphatic carbocycles. The first-order valence-corrected chi connectivity index (χ1v) is 46.2. The van der Waals surface area contributed by atoms with Gasteiger partial charge in [-0.3, -0.25) is 19.2 Å². The summed E-state index contributed by atoms with van der Waals surface area (Å²) in [5.41, 5.74) is 5.02. The Hall–Kier alpha value is -3.73. The van der Waals surface area contributed by atoms with Crippen LogP contribution in [0, 0.1) is 41.4 Å². The summed E-state index contributed by atoms with van der Waals surface area (Å²) in [5, 5.41) is 83.1. The Labute approximate surface area is 655 Å². The number of hydrogen-bond acceptors (Lipinski definition) is 15. The van der Waals surface area contributed by atoms with Crippen LogP contribution in [0.15, 0.2) is 113 Å². The van der Waals surface area contributed by atoms with Gasteiger partial charge in [-0.15, -0.1) is 35.1 Å². The number of nitrogens with one attached hydrogen (secondary N) is 6. The third-order valence-electron chi connectivity index (χ3n) is 25.5. The van der Waals surface area contributed by atoms with Gasteiger partial charge in [0.2, 0.25) is 17.7 Å². The van der Waals surface area contributed by atoms with E-state index in [-0.39, 0.29) is 149 Å². The standard InChI is InChI=1S/C14H19NO2S.C14H19NO2Se.C13H17NO2S.C13H17NO2Se.C13H17NO2Te.C12H19ClN2O3/c2*1-8-9(2)18-14(11(8)15-13(14)17)12(16)10-6-4-3-5-7-10;3*1-8-7-17-13(10(8)14-12(13)16)11(15)9-5-3-2-4-6-9;1-6(2)9(16)12-8(14-11(12)18)7(4-5-13)10(17)15(12)3/h2*4,6,10-12,16H,3,5,7H2,1-2H3,(H,15,17);3*3,5,7,9-11,15H,2,4,6H2,1H3,(H,14,16);6-9,16H,4-5H2,1-3H3,(H,14,18)/t2*10-,11-,12-,14-;3*9-,10-,11-,13-;7?,8-,9-,12-/m000000/s1. The summed E-state index contributed by atoms with van der Waals surface area (Å²) in [4.78, 5) is 88.9. The van der Waals surface area contributed by atoms with E-state index in [1.165, 1.54) is 48.3 Å². The molecule has 0 aromatic rings. The number of β-lactam (4-membered cyclic amide) rings is 6. The number of alkyl halides is 1. The number of amides is 7. The average Bonchev–Trinajstić information content (AvgIpc) is 1.55. The monoisotopic (exact) mass is 1750 g/mol. The number of hydrogen-bond donors (Lipinski definition) is 12. The fourth-order valence-corrected chi connectivity index (χ4v) is 32.2. The maximum absolute atomic E-state index is 12.2. The summed E-state index contributed by atoms with van der Waals surface area (Å²) in [5.74, 6) is 0.539. The number of likely N-dealkylation sites (N-methyl/N-ethyl adjacent to an activating group) is 1. The van der Waals surface area contributed by atoms with E-state index in [0.717, 1.165) is 102 Å². The molecule has 7 fully saturated rings. The Morgan fingerprint density at radius 1 is 0.533 bits per heavy atom. The Kier molecular flexibility index (Phi) is 24.7. The molecular weight excluding hydrogens is 1640 g/mol. The molecule has 105 heavy (non-hydrogen) atoms. The number of allylic oxidation sites excluding steroid dienone is 7. The zero-order valence-corrected chi connectivity index (χ0v) is 70.0. The molecular formula is C79H108ClN7O13S2Se2Te. The zero-order chi connectivity index (χ0) is 75.6. The second-order valence-corrected chi connectivity index (χ2v) is 43.7. The summed E-state index contributed by atoms with van der Waals surface area (Å²) < 4.78 is 0.823. The molecule has 0 aromatic carbocycles. The van der Waals surface area contributed by atoms with Gasteiger partial charge in [-0.25, -0.2) is 0 Å². The number of rotatable bonds is 14. The normalized spacial score (nSPS) is 40.1.